The average Bonchev–Trinajstić information content (AvgIpc) is 2.38. The molecule has 19 heavy (non-hydrogen) atoms. The van der Waals surface area contributed by atoms with Gasteiger partial charge >= 0.3 is 0 Å². The van der Waals surface area contributed by atoms with E-state index in [4.69, 9.17) is 17.0 Å². The number of H-pyrrole nitrogens is 1. The number of rotatable bonds is 6. The number of ether oxygens (including phenoxy) is 1. The third-order valence-corrected chi connectivity index (χ3v) is 4.82. The van der Waals surface area contributed by atoms with Gasteiger partial charge in [0.1, 0.15) is 16.1 Å². The van der Waals surface area contributed by atoms with Gasteiger partial charge in [-0.15, -0.1) is 0 Å². The van der Waals surface area contributed by atoms with E-state index in [1.807, 2.05) is 6.92 Å². The summed E-state index contributed by atoms with van der Waals surface area (Å²) in [6, 6.07) is 0. The predicted octanol–water partition coefficient (Wildman–Crippen LogP) is 5.08. The summed E-state index contributed by atoms with van der Waals surface area (Å²) >= 11 is 8.89. The van der Waals surface area contributed by atoms with Crippen molar-refractivity contribution < 1.29 is 4.74 Å². The van der Waals surface area contributed by atoms with Crippen molar-refractivity contribution in [2.24, 2.45) is 0 Å². The van der Waals surface area contributed by atoms with E-state index >= 15 is 0 Å². The molecule has 0 saturated carbocycles. The van der Waals surface area contributed by atoms with Crippen LogP contribution in [0, 0.1) is 4.64 Å². The number of aromatic amines is 1. The molecule has 0 atom stereocenters. The van der Waals surface area contributed by atoms with Gasteiger partial charge in [-0.1, -0.05) is 39.9 Å². The van der Waals surface area contributed by atoms with Crippen molar-refractivity contribution >= 4 is 28.1 Å². The molecule has 1 N–H and O–H groups in total. The van der Waals surface area contributed by atoms with Gasteiger partial charge in [-0.05, 0) is 41.6 Å². The van der Waals surface area contributed by atoms with Crippen molar-refractivity contribution in [3.8, 4) is 0 Å². The molecule has 0 unspecified atom stereocenters. The number of aromatic nitrogens is 2. The second kappa shape index (κ2) is 6.95. The molecule has 5 heteroatoms. The molecule has 1 heterocycles. The van der Waals surface area contributed by atoms with Crippen molar-refractivity contribution in [3.05, 3.63) is 20.6 Å². The Morgan fingerprint density at radius 1 is 1.32 bits per heavy atom. The van der Waals surface area contributed by atoms with E-state index < -0.39 is 0 Å². The highest BCUT2D eigenvalue weighted by molar-refractivity contribution is 9.10. The third kappa shape index (κ3) is 3.44. The Morgan fingerprint density at radius 2 is 1.89 bits per heavy atom. The minimum Gasteiger partial charge on any atom is -0.367 e. The van der Waals surface area contributed by atoms with E-state index in [0.29, 0.717) is 17.2 Å². The molecule has 0 saturated heterocycles. The molecule has 1 rings (SSSR count). The van der Waals surface area contributed by atoms with Gasteiger partial charge in [0, 0.05) is 12.3 Å². The van der Waals surface area contributed by atoms with Crippen molar-refractivity contribution in [1.29, 1.82) is 0 Å². The van der Waals surface area contributed by atoms with E-state index in [9.17, 15) is 0 Å². The molecule has 0 aromatic carbocycles. The van der Waals surface area contributed by atoms with Crippen LogP contribution in [0.25, 0.3) is 0 Å². The summed E-state index contributed by atoms with van der Waals surface area (Å²) in [4.78, 5) is 7.97. The lowest BCUT2D eigenvalue weighted by atomic mass is 9.95. The molecule has 0 aliphatic rings. The van der Waals surface area contributed by atoms with Crippen LogP contribution in [0.2, 0.25) is 0 Å². The summed E-state index contributed by atoms with van der Waals surface area (Å²) < 4.78 is 7.48. The third-order valence-electron chi connectivity index (χ3n) is 3.46. The van der Waals surface area contributed by atoms with Gasteiger partial charge in [0.25, 0.3) is 0 Å². The fourth-order valence-electron chi connectivity index (χ4n) is 2.22. The molecule has 0 spiro atoms. The highest BCUT2D eigenvalue weighted by atomic mass is 79.9. The summed E-state index contributed by atoms with van der Waals surface area (Å²) in [5.41, 5.74) is 0.716. The van der Waals surface area contributed by atoms with Crippen LogP contribution in [-0.4, -0.2) is 16.6 Å². The van der Waals surface area contributed by atoms with Crippen molar-refractivity contribution in [2.75, 3.05) is 6.61 Å². The lowest BCUT2D eigenvalue weighted by Gasteiger charge is -2.31. The van der Waals surface area contributed by atoms with Crippen LogP contribution in [0.5, 0.6) is 0 Å². The summed E-state index contributed by atoms with van der Waals surface area (Å²) in [5.74, 6) is 1.20. The predicted molar refractivity (Wildman–Crippen MR) is 85.1 cm³/mol. The van der Waals surface area contributed by atoms with Gasteiger partial charge in [0.2, 0.25) is 0 Å². The van der Waals surface area contributed by atoms with E-state index in [1.165, 1.54) is 0 Å². The van der Waals surface area contributed by atoms with Crippen LogP contribution in [0.1, 0.15) is 64.9 Å². The molecule has 0 amide bonds. The average molecular weight is 347 g/mol. The van der Waals surface area contributed by atoms with Gasteiger partial charge in [-0.3, -0.25) is 0 Å². The molecule has 0 bridgehead atoms. The highest BCUT2D eigenvalue weighted by Crippen LogP contribution is 2.33. The lowest BCUT2D eigenvalue weighted by Crippen LogP contribution is -2.31. The number of hydrogen-bond acceptors (Lipinski definition) is 3. The summed E-state index contributed by atoms with van der Waals surface area (Å²) in [7, 11) is 0. The van der Waals surface area contributed by atoms with Crippen LogP contribution in [0.3, 0.4) is 0 Å². The number of hydrogen-bond donors (Lipinski definition) is 1. The van der Waals surface area contributed by atoms with Gasteiger partial charge in [-0.25, -0.2) is 4.98 Å². The Bertz CT molecular complexity index is 481. The van der Waals surface area contributed by atoms with Crippen LogP contribution in [-0.2, 0) is 10.3 Å². The molecule has 108 valence electrons. The molecule has 0 fully saturated rings. The summed E-state index contributed by atoms with van der Waals surface area (Å²) in [5, 5.41) is 0. The monoisotopic (exact) mass is 346 g/mol. The maximum Gasteiger partial charge on any atom is 0.144 e. The largest absolute Gasteiger partial charge is 0.367 e. The quantitative estimate of drug-likeness (QED) is 0.730. The first-order chi connectivity index (χ1) is 8.91. The first-order valence-electron chi connectivity index (χ1n) is 6.85. The molecule has 1 aromatic rings. The Kier molecular flexibility index (Phi) is 6.15. The van der Waals surface area contributed by atoms with E-state index in [2.05, 4.69) is 53.6 Å². The Hall–Kier alpha value is -0.260. The van der Waals surface area contributed by atoms with Crippen LogP contribution in [0.4, 0.5) is 0 Å². The fourth-order valence-corrected chi connectivity index (χ4v) is 3.07. The Balaban J connectivity index is 3.44. The Labute approximate surface area is 129 Å². The minimum absolute atomic E-state index is 0.353. The fraction of sp³-hybridized carbons (Fsp3) is 0.714. The van der Waals surface area contributed by atoms with E-state index in [-0.39, 0.29) is 5.60 Å². The van der Waals surface area contributed by atoms with Gasteiger partial charge in [-0.2, -0.15) is 0 Å². The van der Waals surface area contributed by atoms with Crippen molar-refractivity contribution in [3.63, 3.8) is 0 Å². The van der Waals surface area contributed by atoms with Crippen LogP contribution >= 0.6 is 28.1 Å². The molecule has 1 aromatic heterocycles. The van der Waals surface area contributed by atoms with Crippen molar-refractivity contribution in [1.82, 2.24) is 9.97 Å². The van der Waals surface area contributed by atoms with Gasteiger partial charge in [0.15, 0.2) is 0 Å². The second-order valence-electron chi connectivity index (χ2n) is 4.91. The molecular weight excluding hydrogens is 324 g/mol. The molecule has 0 aliphatic carbocycles. The van der Waals surface area contributed by atoms with Gasteiger partial charge < -0.3 is 9.72 Å². The van der Waals surface area contributed by atoms with Gasteiger partial charge in [0.05, 0.1) is 4.47 Å². The maximum atomic E-state index is 5.99. The minimum atomic E-state index is -0.368. The zero-order chi connectivity index (χ0) is 14.6. The van der Waals surface area contributed by atoms with Crippen LogP contribution in [0.15, 0.2) is 4.47 Å². The first-order valence-corrected chi connectivity index (χ1v) is 8.06. The first kappa shape index (κ1) is 16.8. The Morgan fingerprint density at radius 3 is 2.32 bits per heavy atom. The van der Waals surface area contributed by atoms with E-state index in [1.54, 1.807) is 0 Å². The van der Waals surface area contributed by atoms with E-state index in [0.717, 1.165) is 28.8 Å². The molecule has 3 nitrogen and oxygen atoms in total. The second-order valence-corrected chi connectivity index (χ2v) is 6.09. The SMILES string of the molecule is CCOC(CC)(CC)c1nc(=S)c(Br)c(C(C)C)[nH]1. The smallest absolute Gasteiger partial charge is 0.144 e. The standard InChI is InChI=1S/C14H23BrN2OS/c1-6-14(7-2,18-8-3)13-16-11(9(4)5)10(15)12(19)17-13/h9H,6-8H2,1-5H3,(H,16,17,19). The number of halogens is 1. The topological polar surface area (TPSA) is 37.9 Å². The zero-order valence-corrected chi connectivity index (χ0v) is 14.7. The zero-order valence-electron chi connectivity index (χ0n) is 12.3. The summed E-state index contributed by atoms with van der Waals surface area (Å²) in [6.45, 7) is 11.2. The number of nitrogens with zero attached hydrogens (tertiary/aromatic N) is 1. The number of nitrogens with one attached hydrogen (secondary N) is 1. The lowest BCUT2D eigenvalue weighted by molar-refractivity contribution is -0.0574. The highest BCUT2D eigenvalue weighted by Gasteiger charge is 2.32. The molecule has 0 radical (unpaired) electrons. The van der Waals surface area contributed by atoms with Crippen LogP contribution < -0.4 is 0 Å². The normalized spacial score (nSPS) is 12.2. The molecule has 0 aliphatic heterocycles. The summed E-state index contributed by atoms with van der Waals surface area (Å²) in [6.07, 6.45) is 1.74. The van der Waals surface area contributed by atoms with Crippen molar-refractivity contribution in [2.45, 2.75) is 59.0 Å². The molecular formula is C14H23BrN2OS. The maximum absolute atomic E-state index is 5.99.